The van der Waals surface area contributed by atoms with Gasteiger partial charge in [0.25, 0.3) is 10.0 Å². The summed E-state index contributed by atoms with van der Waals surface area (Å²) in [5.41, 5.74) is 3.57. The topological polar surface area (TPSA) is 49.4 Å². The molecule has 5 heteroatoms. The maximum atomic E-state index is 12.6. The summed E-state index contributed by atoms with van der Waals surface area (Å²) in [5, 5.41) is 0. The molecule has 3 rings (SSSR count). The van der Waals surface area contributed by atoms with Crippen LogP contribution in [0.15, 0.2) is 83.8 Å². The first-order valence-corrected chi connectivity index (χ1v) is 10.5. The highest BCUT2D eigenvalue weighted by molar-refractivity contribution is 7.92. The van der Waals surface area contributed by atoms with Crippen LogP contribution in [0.25, 0.3) is 0 Å². The minimum absolute atomic E-state index is 0.299. The zero-order valence-corrected chi connectivity index (χ0v) is 16.4. The summed E-state index contributed by atoms with van der Waals surface area (Å²) < 4.78 is 27.9. The average molecular weight is 381 g/mol. The lowest BCUT2D eigenvalue weighted by atomic mass is 10.2. The van der Waals surface area contributed by atoms with Crippen LogP contribution in [-0.2, 0) is 16.6 Å². The Kier molecular flexibility index (Phi) is 5.81. The molecule has 0 aromatic heterocycles. The molecule has 0 fully saturated rings. The summed E-state index contributed by atoms with van der Waals surface area (Å²) in [7, 11) is -3.59. The molecule has 0 bridgehead atoms. The van der Waals surface area contributed by atoms with Gasteiger partial charge in [-0.2, -0.15) is 0 Å². The van der Waals surface area contributed by atoms with E-state index in [0.29, 0.717) is 10.6 Å². The third-order valence-corrected chi connectivity index (χ3v) is 6.01. The van der Waals surface area contributed by atoms with Gasteiger partial charge >= 0.3 is 0 Å². The molecule has 0 aliphatic heterocycles. The van der Waals surface area contributed by atoms with Crippen LogP contribution < -0.4 is 9.62 Å². The van der Waals surface area contributed by atoms with Gasteiger partial charge in [0.05, 0.1) is 4.90 Å². The first kappa shape index (κ1) is 19.0. The molecule has 0 unspecified atom stereocenters. The summed E-state index contributed by atoms with van der Waals surface area (Å²) >= 11 is 0. The quantitative estimate of drug-likeness (QED) is 0.639. The minimum atomic E-state index is -3.59. The molecule has 3 aromatic carbocycles. The summed E-state index contributed by atoms with van der Waals surface area (Å²) in [5.74, 6) is 0. The molecule has 1 N–H and O–H groups in total. The number of nitrogens with one attached hydrogen (secondary N) is 1. The summed E-state index contributed by atoms with van der Waals surface area (Å²) in [6.07, 6.45) is 0. The Morgan fingerprint density at radius 1 is 0.852 bits per heavy atom. The van der Waals surface area contributed by atoms with Crippen LogP contribution in [0, 0.1) is 6.92 Å². The highest BCUT2D eigenvalue weighted by Gasteiger charge is 2.16. The second-order valence-electron chi connectivity index (χ2n) is 6.42. The smallest absolute Gasteiger partial charge is 0.262 e. The standard InChI is InChI=1S/C22H24N2O2S/c1-3-24(17-19-10-5-4-6-11-19)21-15-13-20(14-16-21)23-27(25,26)22-12-8-7-9-18(22)2/h4-16,23H,3,17H2,1-2H3. The third kappa shape index (κ3) is 4.68. The summed E-state index contributed by atoms with van der Waals surface area (Å²) in [4.78, 5) is 2.54. The van der Waals surface area contributed by atoms with Crippen molar-refractivity contribution in [1.82, 2.24) is 0 Å². The first-order valence-electron chi connectivity index (χ1n) is 8.97. The Labute approximate surface area is 161 Å². The SMILES string of the molecule is CCN(Cc1ccccc1)c1ccc(NS(=O)(=O)c2ccccc2C)cc1. The molecule has 27 heavy (non-hydrogen) atoms. The maximum absolute atomic E-state index is 12.6. The number of hydrogen-bond donors (Lipinski definition) is 1. The van der Waals surface area contributed by atoms with Crippen molar-refractivity contribution in [2.45, 2.75) is 25.3 Å². The molecular formula is C22H24N2O2S. The van der Waals surface area contributed by atoms with Gasteiger partial charge in [-0.1, -0.05) is 48.5 Å². The number of hydrogen-bond acceptors (Lipinski definition) is 3. The maximum Gasteiger partial charge on any atom is 0.262 e. The molecule has 0 spiro atoms. The number of nitrogens with zero attached hydrogens (tertiary/aromatic N) is 1. The van der Waals surface area contributed by atoms with Gasteiger partial charge in [-0.25, -0.2) is 8.42 Å². The van der Waals surface area contributed by atoms with Crippen molar-refractivity contribution >= 4 is 21.4 Å². The molecule has 0 heterocycles. The lowest BCUT2D eigenvalue weighted by Crippen LogP contribution is -2.22. The monoisotopic (exact) mass is 380 g/mol. The second kappa shape index (κ2) is 8.27. The predicted molar refractivity (Wildman–Crippen MR) is 112 cm³/mol. The van der Waals surface area contributed by atoms with E-state index in [1.165, 1.54) is 5.56 Å². The number of benzene rings is 3. The predicted octanol–water partition coefficient (Wildman–Crippen LogP) is 4.82. The van der Waals surface area contributed by atoms with E-state index in [4.69, 9.17) is 0 Å². The molecule has 0 atom stereocenters. The Morgan fingerprint density at radius 2 is 1.48 bits per heavy atom. The van der Waals surface area contributed by atoms with Crippen molar-refractivity contribution in [1.29, 1.82) is 0 Å². The van der Waals surface area contributed by atoms with Crippen LogP contribution in [0.4, 0.5) is 11.4 Å². The normalized spacial score (nSPS) is 11.2. The fraction of sp³-hybridized carbons (Fsp3) is 0.182. The molecule has 0 amide bonds. The Hall–Kier alpha value is -2.79. The van der Waals surface area contributed by atoms with Crippen LogP contribution in [-0.4, -0.2) is 15.0 Å². The fourth-order valence-electron chi connectivity index (χ4n) is 3.00. The molecule has 4 nitrogen and oxygen atoms in total. The summed E-state index contributed by atoms with van der Waals surface area (Å²) in [6.45, 7) is 5.58. The van der Waals surface area contributed by atoms with Gasteiger partial charge in [-0.05, 0) is 55.3 Å². The highest BCUT2D eigenvalue weighted by atomic mass is 32.2. The lowest BCUT2D eigenvalue weighted by molar-refractivity contribution is 0.600. The van der Waals surface area contributed by atoms with Gasteiger partial charge in [-0.15, -0.1) is 0 Å². The van der Waals surface area contributed by atoms with E-state index < -0.39 is 10.0 Å². The fourth-order valence-corrected chi connectivity index (χ4v) is 4.30. The Balaban J connectivity index is 1.76. The van der Waals surface area contributed by atoms with E-state index in [-0.39, 0.29) is 0 Å². The molecule has 140 valence electrons. The van der Waals surface area contributed by atoms with Crippen LogP contribution >= 0.6 is 0 Å². The molecular weight excluding hydrogens is 356 g/mol. The lowest BCUT2D eigenvalue weighted by Gasteiger charge is -2.23. The Morgan fingerprint density at radius 3 is 2.11 bits per heavy atom. The van der Waals surface area contributed by atoms with Crippen LogP contribution in [0.5, 0.6) is 0 Å². The molecule has 0 radical (unpaired) electrons. The number of sulfonamides is 1. The average Bonchev–Trinajstić information content (AvgIpc) is 2.67. The molecule has 0 saturated heterocycles. The van der Waals surface area contributed by atoms with Gasteiger partial charge in [0.2, 0.25) is 0 Å². The molecule has 0 saturated carbocycles. The highest BCUT2D eigenvalue weighted by Crippen LogP contribution is 2.23. The zero-order chi connectivity index (χ0) is 19.3. The van der Waals surface area contributed by atoms with Gasteiger partial charge in [-0.3, -0.25) is 4.72 Å². The van der Waals surface area contributed by atoms with Gasteiger partial charge < -0.3 is 4.90 Å². The van der Waals surface area contributed by atoms with E-state index in [2.05, 4.69) is 28.7 Å². The van der Waals surface area contributed by atoms with E-state index in [0.717, 1.165) is 24.3 Å². The van der Waals surface area contributed by atoms with E-state index in [9.17, 15) is 8.42 Å². The third-order valence-electron chi connectivity index (χ3n) is 4.47. The van der Waals surface area contributed by atoms with E-state index in [1.807, 2.05) is 36.4 Å². The largest absolute Gasteiger partial charge is 0.367 e. The van der Waals surface area contributed by atoms with Crippen molar-refractivity contribution < 1.29 is 8.42 Å². The van der Waals surface area contributed by atoms with E-state index in [1.54, 1.807) is 37.3 Å². The number of aryl methyl sites for hydroxylation is 1. The molecule has 0 aliphatic carbocycles. The van der Waals surface area contributed by atoms with Crippen molar-refractivity contribution in [3.8, 4) is 0 Å². The Bertz CT molecular complexity index is 984. The van der Waals surface area contributed by atoms with Crippen LogP contribution in [0.3, 0.4) is 0 Å². The minimum Gasteiger partial charge on any atom is -0.367 e. The summed E-state index contributed by atoms with van der Waals surface area (Å²) in [6, 6.07) is 24.8. The zero-order valence-electron chi connectivity index (χ0n) is 15.6. The van der Waals surface area contributed by atoms with Crippen molar-refractivity contribution in [3.05, 3.63) is 90.0 Å². The molecule has 0 aliphatic rings. The van der Waals surface area contributed by atoms with Gasteiger partial charge in [0.1, 0.15) is 0 Å². The number of rotatable bonds is 7. The van der Waals surface area contributed by atoms with Crippen LogP contribution in [0.2, 0.25) is 0 Å². The first-order chi connectivity index (χ1) is 13.0. The van der Waals surface area contributed by atoms with Crippen molar-refractivity contribution in [2.24, 2.45) is 0 Å². The van der Waals surface area contributed by atoms with Crippen molar-refractivity contribution in [3.63, 3.8) is 0 Å². The second-order valence-corrected chi connectivity index (χ2v) is 8.07. The molecule has 3 aromatic rings. The van der Waals surface area contributed by atoms with Gasteiger partial charge in [0, 0.05) is 24.5 Å². The van der Waals surface area contributed by atoms with Crippen molar-refractivity contribution in [2.75, 3.05) is 16.2 Å². The number of anilines is 2. The van der Waals surface area contributed by atoms with E-state index >= 15 is 0 Å². The van der Waals surface area contributed by atoms with Gasteiger partial charge in [0.15, 0.2) is 0 Å². The van der Waals surface area contributed by atoms with Crippen LogP contribution in [0.1, 0.15) is 18.1 Å².